The summed E-state index contributed by atoms with van der Waals surface area (Å²) in [6.07, 6.45) is 0. The summed E-state index contributed by atoms with van der Waals surface area (Å²) in [5, 5.41) is 0.250. The summed E-state index contributed by atoms with van der Waals surface area (Å²) in [5.41, 5.74) is 6.73. The maximum Gasteiger partial charge on any atom is 0.338 e. The summed E-state index contributed by atoms with van der Waals surface area (Å²) in [7, 11) is 0. The lowest BCUT2D eigenvalue weighted by Gasteiger charge is -2.15. The van der Waals surface area contributed by atoms with E-state index in [2.05, 4.69) is 0 Å². The van der Waals surface area contributed by atoms with E-state index in [4.69, 9.17) is 33.7 Å². The normalized spacial score (nSPS) is 12.6. The van der Waals surface area contributed by atoms with Crippen LogP contribution in [0.3, 0.4) is 0 Å². The molecule has 0 aromatic heterocycles. The topological polar surface area (TPSA) is 107 Å². The Kier molecular flexibility index (Phi) is 5.69. The molecule has 2 amide bonds. The van der Waals surface area contributed by atoms with Gasteiger partial charge < -0.3 is 10.5 Å². The molecule has 1 aliphatic heterocycles. The van der Waals surface area contributed by atoms with Crippen molar-refractivity contribution in [2.24, 2.45) is 0 Å². The minimum absolute atomic E-state index is 0.0188. The summed E-state index contributed by atoms with van der Waals surface area (Å²) in [4.78, 5) is 51.2. The first kappa shape index (κ1) is 21.5. The molecule has 0 radical (unpaired) electrons. The Morgan fingerprint density at radius 2 is 1.53 bits per heavy atom. The predicted molar refractivity (Wildman–Crippen MR) is 120 cm³/mol. The number of esters is 1. The third-order valence-corrected chi connectivity index (χ3v) is 5.67. The zero-order chi connectivity index (χ0) is 23.0. The molecule has 2 N–H and O–H groups in total. The van der Waals surface area contributed by atoms with Gasteiger partial charge in [-0.05, 0) is 54.6 Å². The number of hydrogen-bond donors (Lipinski definition) is 1. The highest BCUT2D eigenvalue weighted by Gasteiger charge is 2.38. The lowest BCUT2D eigenvalue weighted by atomic mass is 10.1. The van der Waals surface area contributed by atoms with E-state index in [-0.39, 0.29) is 32.4 Å². The number of amides is 2. The Hall–Kier alpha value is -3.68. The van der Waals surface area contributed by atoms with Crippen molar-refractivity contribution < 1.29 is 23.9 Å². The van der Waals surface area contributed by atoms with Crippen LogP contribution in [0, 0.1) is 0 Å². The van der Waals surface area contributed by atoms with Crippen LogP contribution in [0.5, 0.6) is 0 Å². The van der Waals surface area contributed by atoms with Gasteiger partial charge in [0, 0.05) is 11.3 Å². The quantitative estimate of drug-likeness (QED) is 0.257. The number of carbonyl (C=O) groups is 4. The monoisotopic (exact) mass is 468 g/mol. The molecule has 0 unspecified atom stereocenters. The van der Waals surface area contributed by atoms with Crippen molar-refractivity contribution in [2.45, 2.75) is 0 Å². The van der Waals surface area contributed by atoms with E-state index in [1.54, 1.807) is 18.2 Å². The number of ketones is 1. The van der Waals surface area contributed by atoms with E-state index in [1.165, 1.54) is 42.5 Å². The molecule has 160 valence electrons. The van der Waals surface area contributed by atoms with Gasteiger partial charge in [0.05, 0.1) is 32.4 Å². The molecular formula is C23H14Cl2N2O5. The van der Waals surface area contributed by atoms with Crippen molar-refractivity contribution in [3.05, 3.63) is 93.0 Å². The van der Waals surface area contributed by atoms with Gasteiger partial charge in [0.2, 0.25) is 0 Å². The minimum atomic E-state index is -0.809. The lowest BCUT2D eigenvalue weighted by molar-refractivity contribution is 0.0474. The molecule has 0 fully saturated rings. The Morgan fingerprint density at radius 1 is 0.875 bits per heavy atom. The van der Waals surface area contributed by atoms with E-state index < -0.39 is 30.2 Å². The molecule has 32 heavy (non-hydrogen) atoms. The van der Waals surface area contributed by atoms with Crippen LogP contribution < -0.4 is 10.6 Å². The van der Waals surface area contributed by atoms with Crippen LogP contribution in [0.2, 0.25) is 10.0 Å². The molecule has 7 nitrogen and oxygen atoms in total. The zero-order valence-electron chi connectivity index (χ0n) is 16.3. The van der Waals surface area contributed by atoms with Crippen molar-refractivity contribution in [1.29, 1.82) is 0 Å². The summed E-state index contributed by atoms with van der Waals surface area (Å²) < 4.78 is 5.07. The van der Waals surface area contributed by atoms with Crippen LogP contribution in [0.25, 0.3) is 0 Å². The first-order chi connectivity index (χ1) is 15.3. The number of halogens is 2. The van der Waals surface area contributed by atoms with Gasteiger partial charge in [-0.15, -0.1) is 0 Å². The fourth-order valence-electron chi connectivity index (χ4n) is 3.22. The fourth-order valence-corrected chi connectivity index (χ4v) is 3.60. The molecule has 9 heteroatoms. The summed E-state index contributed by atoms with van der Waals surface area (Å²) >= 11 is 12.2. The first-order valence-corrected chi connectivity index (χ1v) is 10.1. The van der Waals surface area contributed by atoms with Crippen LogP contribution in [-0.2, 0) is 4.74 Å². The average Bonchev–Trinajstić information content (AvgIpc) is 3.04. The van der Waals surface area contributed by atoms with Crippen molar-refractivity contribution in [1.82, 2.24) is 0 Å². The minimum Gasteiger partial charge on any atom is -0.454 e. The van der Waals surface area contributed by atoms with E-state index in [1.807, 2.05) is 0 Å². The Morgan fingerprint density at radius 3 is 2.25 bits per heavy atom. The summed E-state index contributed by atoms with van der Waals surface area (Å²) in [6, 6.07) is 14.7. The zero-order valence-corrected chi connectivity index (χ0v) is 17.8. The van der Waals surface area contributed by atoms with Crippen molar-refractivity contribution in [3.63, 3.8) is 0 Å². The van der Waals surface area contributed by atoms with Gasteiger partial charge in [0.15, 0.2) is 12.4 Å². The molecule has 4 rings (SSSR count). The molecular weight excluding hydrogens is 455 g/mol. The molecule has 1 heterocycles. The standard InChI is InChI=1S/C23H14Cl2N2O5/c24-17-2-1-3-18(20(17)25)27-21(29)15-9-6-13(10-16(15)22(27)30)23(31)32-11-19(28)12-4-7-14(26)8-5-12/h1-10H,11,26H2. The number of nitrogen functional groups attached to an aromatic ring is 1. The maximum atomic E-state index is 12.9. The number of fused-ring (bicyclic) bond motifs is 1. The number of nitrogens with two attached hydrogens (primary N) is 1. The second-order valence-corrected chi connectivity index (χ2v) is 7.69. The molecule has 0 bridgehead atoms. The summed E-state index contributed by atoms with van der Waals surface area (Å²) in [5.74, 6) is -2.46. The number of ether oxygens (including phenoxy) is 1. The number of rotatable bonds is 5. The highest BCUT2D eigenvalue weighted by Crippen LogP contribution is 2.37. The van der Waals surface area contributed by atoms with Crippen LogP contribution in [0.1, 0.15) is 41.4 Å². The van der Waals surface area contributed by atoms with Crippen molar-refractivity contribution in [3.8, 4) is 0 Å². The van der Waals surface area contributed by atoms with Gasteiger partial charge >= 0.3 is 5.97 Å². The van der Waals surface area contributed by atoms with Gasteiger partial charge in [0.1, 0.15) is 0 Å². The molecule has 0 spiro atoms. The van der Waals surface area contributed by atoms with E-state index in [9.17, 15) is 19.2 Å². The van der Waals surface area contributed by atoms with Gasteiger partial charge in [0.25, 0.3) is 11.8 Å². The van der Waals surface area contributed by atoms with E-state index in [0.29, 0.717) is 11.3 Å². The van der Waals surface area contributed by atoms with Crippen molar-refractivity contribution >= 4 is 58.1 Å². The second kappa shape index (κ2) is 8.45. The predicted octanol–water partition coefficient (Wildman–Crippen LogP) is 4.42. The number of imide groups is 1. The third-order valence-electron chi connectivity index (χ3n) is 4.86. The SMILES string of the molecule is Nc1ccc(C(=O)COC(=O)c2ccc3c(c2)C(=O)N(c2cccc(Cl)c2Cl)C3=O)cc1. The fraction of sp³-hybridized carbons (Fsp3) is 0.0435. The third kappa shape index (κ3) is 3.84. The van der Waals surface area contributed by atoms with Gasteiger partial charge in [-0.2, -0.15) is 0 Å². The number of carbonyl (C=O) groups excluding carboxylic acids is 4. The van der Waals surface area contributed by atoms with Gasteiger partial charge in [-0.25, -0.2) is 9.69 Å². The molecule has 0 atom stereocenters. The van der Waals surface area contributed by atoms with Crippen LogP contribution in [-0.4, -0.2) is 30.2 Å². The van der Waals surface area contributed by atoms with E-state index in [0.717, 1.165) is 4.90 Å². The number of nitrogens with zero attached hydrogens (tertiary/aromatic N) is 1. The van der Waals surface area contributed by atoms with E-state index >= 15 is 0 Å². The molecule has 0 saturated heterocycles. The Bertz CT molecular complexity index is 1290. The van der Waals surface area contributed by atoms with Gasteiger partial charge in [-0.1, -0.05) is 29.3 Å². The Balaban J connectivity index is 1.53. The van der Waals surface area contributed by atoms with Gasteiger partial charge in [-0.3, -0.25) is 14.4 Å². The number of Topliss-reactive ketones (excluding diaryl/α,β-unsaturated/α-hetero) is 1. The van der Waals surface area contributed by atoms with Crippen LogP contribution >= 0.6 is 23.2 Å². The van der Waals surface area contributed by atoms with Crippen LogP contribution in [0.15, 0.2) is 60.7 Å². The maximum absolute atomic E-state index is 12.9. The molecule has 0 saturated carbocycles. The highest BCUT2D eigenvalue weighted by atomic mass is 35.5. The smallest absolute Gasteiger partial charge is 0.338 e. The number of anilines is 2. The molecule has 3 aromatic carbocycles. The van der Waals surface area contributed by atoms with Crippen LogP contribution in [0.4, 0.5) is 11.4 Å². The second-order valence-electron chi connectivity index (χ2n) is 6.90. The Labute approximate surface area is 192 Å². The van der Waals surface area contributed by atoms with Crippen molar-refractivity contribution in [2.75, 3.05) is 17.2 Å². The highest BCUT2D eigenvalue weighted by molar-refractivity contribution is 6.46. The molecule has 0 aliphatic carbocycles. The number of benzene rings is 3. The number of hydrogen-bond acceptors (Lipinski definition) is 6. The molecule has 1 aliphatic rings. The largest absolute Gasteiger partial charge is 0.454 e. The average molecular weight is 469 g/mol. The first-order valence-electron chi connectivity index (χ1n) is 9.30. The lowest BCUT2D eigenvalue weighted by Crippen LogP contribution is -2.29. The summed E-state index contributed by atoms with van der Waals surface area (Å²) in [6.45, 7) is -0.489. The molecule has 3 aromatic rings.